The Labute approximate surface area is 102 Å². The van der Waals surface area contributed by atoms with Crippen molar-refractivity contribution in [3.8, 4) is 0 Å². The maximum atomic E-state index is 13.4. The molecule has 3 N–H and O–H groups in total. The van der Waals surface area contributed by atoms with Gasteiger partial charge in [-0.1, -0.05) is 6.92 Å². The van der Waals surface area contributed by atoms with Crippen LogP contribution in [-0.2, 0) is 11.2 Å². The lowest BCUT2D eigenvalue weighted by Gasteiger charge is -2.18. The van der Waals surface area contributed by atoms with Gasteiger partial charge in [0.15, 0.2) is 11.6 Å². The van der Waals surface area contributed by atoms with Crippen LogP contribution in [-0.4, -0.2) is 17.1 Å². The number of benzene rings is 1. The molecular weight excluding hydrogens is 247 g/mol. The smallest absolute Gasteiger partial charge is 0.304 e. The van der Waals surface area contributed by atoms with E-state index in [4.69, 9.17) is 10.8 Å². The van der Waals surface area contributed by atoms with Crippen molar-refractivity contribution in [2.45, 2.75) is 25.8 Å². The fourth-order valence-corrected chi connectivity index (χ4v) is 1.62. The SMILES string of the molecule is CC(Cc1cc(F)c(F)cc1F)C(N)CC(=O)O. The number of carbonyl (C=O) groups is 1. The van der Waals surface area contributed by atoms with Gasteiger partial charge in [0.1, 0.15) is 5.82 Å². The minimum atomic E-state index is -1.25. The van der Waals surface area contributed by atoms with Crippen LogP contribution in [0.1, 0.15) is 18.9 Å². The van der Waals surface area contributed by atoms with E-state index in [0.29, 0.717) is 6.07 Å². The zero-order valence-electron chi connectivity index (χ0n) is 9.79. The quantitative estimate of drug-likeness (QED) is 0.798. The Hall–Kier alpha value is -1.56. The van der Waals surface area contributed by atoms with E-state index in [1.807, 2.05) is 0 Å². The van der Waals surface area contributed by atoms with Gasteiger partial charge in [0, 0.05) is 12.1 Å². The fraction of sp³-hybridized carbons (Fsp3) is 0.417. The molecule has 0 radical (unpaired) electrons. The Morgan fingerprint density at radius 1 is 1.28 bits per heavy atom. The Morgan fingerprint density at radius 2 is 1.83 bits per heavy atom. The first-order valence-corrected chi connectivity index (χ1v) is 5.42. The van der Waals surface area contributed by atoms with Crippen LogP contribution in [0.3, 0.4) is 0 Å². The molecule has 0 aliphatic heterocycles. The molecule has 0 aliphatic carbocycles. The number of carboxylic acids is 1. The van der Waals surface area contributed by atoms with Crippen LogP contribution in [0.15, 0.2) is 12.1 Å². The van der Waals surface area contributed by atoms with E-state index < -0.39 is 29.5 Å². The second kappa shape index (κ2) is 5.86. The van der Waals surface area contributed by atoms with Gasteiger partial charge in [0.25, 0.3) is 0 Å². The number of hydrogen-bond donors (Lipinski definition) is 2. The van der Waals surface area contributed by atoms with Gasteiger partial charge in [-0.25, -0.2) is 13.2 Å². The molecule has 1 aromatic carbocycles. The molecule has 0 heterocycles. The van der Waals surface area contributed by atoms with Crippen molar-refractivity contribution in [1.29, 1.82) is 0 Å². The van der Waals surface area contributed by atoms with Crippen LogP contribution in [0, 0.1) is 23.4 Å². The summed E-state index contributed by atoms with van der Waals surface area (Å²) in [5.41, 5.74) is 5.60. The third-order valence-corrected chi connectivity index (χ3v) is 2.77. The average Bonchev–Trinajstić information content (AvgIpc) is 2.24. The Balaban J connectivity index is 2.78. The van der Waals surface area contributed by atoms with E-state index in [1.165, 1.54) is 0 Å². The van der Waals surface area contributed by atoms with Gasteiger partial charge in [-0.15, -0.1) is 0 Å². The Bertz CT molecular complexity index is 451. The normalized spacial score (nSPS) is 14.3. The number of nitrogens with two attached hydrogens (primary N) is 1. The third kappa shape index (κ3) is 3.73. The van der Waals surface area contributed by atoms with E-state index in [2.05, 4.69) is 0 Å². The minimum Gasteiger partial charge on any atom is -0.481 e. The number of carboxylic acid groups (broad SMARTS) is 1. The lowest BCUT2D eigenvalue weighted by molar-refractivity contribution is -0.137. The molecule has 0 bridgehead atoms. The molecule has 0 fully saturated rings. The molecule has 0 aliphatic rings. The summed E-state index contributed by atoms with van der Waals surface area (Å²) >= 11 is 0. The largest absolute Gasteiger partial charge is 0.481 e. The molecule has 0 aromatic heterocycles. The zero-order valence-corrected chi connectivity index (χ0v) is 9.79. The second-order valence-corrected chi connectivity index (χ2v) is 4.30. The number of halogens is 3. The van der Waals surface area contributed by atoms with E-state index in [1.54, 1.807) is 6.92 Å². The summed E-state index contributed by atoms with van der Waals surface area (Å²) in [4.78, 5) is 10.5. The van der Waals surface area contributed by atoms with Crippen molar-refractivity contribution in [3.63, 3.8) is 0 Å². The van der Waals surface area contributed by atoms with Crippen LogP contribution in [0.5, 0.6) is 0 Å². The Morgan fingerprint density at radius 3 is 2.39 bits per heavy atom. The van der Waals surface area contributed by atoms with Gasteiger partial charge in [0.2, 0.25) is 0 Å². The maximum Gasteiger partial charge on any atom is 0.304 e. The van der Waals surface area contributed by atoms with E-state index >= 15 is 0 Å². The van der Waals surface area contributed by atoms with E-state index in [9.17, 15) is 18.0 Å². The van der Waals surface area contributed by atoms with Crippen molar-refractivity contribution >= 4 is 5.97 Å². The molecule has 1 rings (SSSR count). The first-order chi connectivity index (χ1) is 8.31. The summed E-state index contributed by atoms with van der Waals surface area (Å²) in [5.74, 6) is -4.66. The first-order valence-electron chi connectivity index (χ1n) is 5.42. The summed E-state index contributed by atoms with van der Waals surface area (Å²) in [6.45, 7) is 1.63. The van der Waals surface area contributed by atoms with Gasteiger partial charge in [-0.3, -0.25) is 4.79 Å². The predicted octanol–water partition coefficient (Wildman–Crippen LogP) is 2.08. The number of hydrogen-bond acceptors (Lipinski definition) is 2. The maximum absolute atomic E-state index is 13.4. The van der Waals surface area contributed by atoms with Gasteiger partial charge >= 0.3 is 5.97 Å². The Kier molecular flexibility index (Phi) is 4.72. The van der Waals surface area contributed by atoms with Gasteiger partial charge in [-0.2, -0.15) is 0 Å². The summed E-state index contributed by atoms with van der Waals surface area (Å²) in [5, 5.41) is 8.57. The summed E-state index contributed by atoms with van der Waals surface area (Å²) in [6, 6.07) is 0.574. The average molecular weight is 261 g/mol. The lowest BCUT2D eigenvalue weighted by Crippen LogP contribution is -2.32. The molecule has 2 atom stereocenters. The van der Waals surface area contributed by atoms with Crippen molar-refractivity contribution in [1.82, 2.24) is 0 Å². The lowest BCUT2D eigenvalue weighted by atomic mass is 9.92. The molecule has 0 saturated heterocycles. The number of rotatable bonds is 5. The highest BCUT2D eigenvalue weighted by Gasteiger charge is 2.19. The molecule has 0 amide bonds. The third-order valence-electron chi connectivity index (χ3n) is 2.77. The summed E-state index contributed by atoms with van der Waals surface area (Å²) < 4.78 is 39.0. The monoisotopic (exact) mass is 261 g/mol. The van der Waals surface area contributed by atoms with Gasteiger partial charge < -0.3 is 10.8 Å². The summed E-state index contributed by atoms with van der Waals surface area (Å²) in [7, 11) is 0. The van der Waals surface area contributed by atoms with E-state index in [0.717, 1.165) is 6.07 Å². The molecule has 3 nitrogen and oxygen atoms in total. The molecular formula is C12H14F3NO2. The molecule has 18 heavy (non-hydrogen) atoms. The topological polar surface area (TPSA) is 63.3 Å². The second-order valence-electron chi connectivity index (χ2n) is 4.30. The molecule has 2 unspecified atom stereocenters. The van der Waals surface area contributed by atoms with Crippen LogP contribution in [0.4, 0.5) is 13.2 Å². The highest BCUT2D eigenvalue weighted by Crippen LogP contribution is 2.19. The van der Waals surface area contributed by atoms with Crippen molar-refractivity contribution < 1.29 is 23.1 Å². The van der Waals surface area contributed by atoms with Gasteiger partial charge in [0.05, 0.1) is 6.42 Å². The van der Waals surface area contributed by atoms with Crippen LogP contribution in [0.2, 0.25) is 0 Å². The highest BCUT2D eigenvalue weighted by molar-refractivity contribution is 5.67. The number of aliphatic carboxylic acids is 1. The minimum absolute atomic E-state index is 0.0118. The van der Waals surface area contributed by atoms with Crippen molar-refractivity contribution in [2.24, 2.45) is 11.7 Å². The van der Waals surface area contributed by atoms with Crippen molar-refractivity contribution in [3.05, 3.63) is 35.1 Å². The first kappa shape index (κ1) is 14.5. The fourth-order valence-electron chi connectivity index (χ4n) is 1.62. The molecule has 100 valence electrons. The van der Waals surface area contributed by atoms with Crippen LogP contribution < -0.4 is 5.73 Å². The standard InChI is InChI=1S/C12H14F3NO2/c1-6(11(16)5-12(17)18)2-7-3-9(14)10(15)4-8(7)13/h3-4,6,11H,2,5,16H2,1H3,(H,17,18). The van der Waals surface area contributed by atoms with Crippen LogP contribution >= 0.6 is 0 Å². The van der Waals surface area contributed by atoms with Gasteiger partial charge in [-0.05, 0) is 24.0 Å². The predicted molar refractivity (Wildman–Crippen MR) is 59.4 cm³/mol. The molecule has 1 aromatic rings. The van der Waals surface area contributed by atoms with Crippen LogP contribution in [0.25, 0.3) is 0 Å². The zero-order chi connectivity index (χ0) is 13.9. The summed E-state index contributed by atoms with van der Waals surface area (Å²) in [6.07, 6.45) is -0.204. The van der Waals surface area contributed by atoms with Crippen molar-refractivity contribution in [2.75, 3.05) is 0 Å². The molecule has 0 saturated carbocycles. The highest BCUT2D eigenvalue weighted by atomic mass is 19.2. The molecule has 0 spiro atoms. The van der Waals surface area contributed by atoms with E-state index in [-0.39, 0.29) is 24.3 Å². The molecule has 6 heteroatoms.